The number of hydrogen-bond donors (Lipinski definition) is 2. The van der Waals surface area contributed by atoms with Crippen LogP contribution in [0.5, 0.6) is 0 Å². The Labute approximate surface area is 164 Å². The van der Waals surface area contributed by atoms with Gasteiger partial charge in [-0.1, -0.05) is 0 Å². The van der Waals surface area contributed by atoms with Gasteiger partial charge < -0.3 is 20.3 Å². The lowest BCUT2D eigenvalue weighted by molar-refractivity contribution is -0.141. The number of rotatable bonds is 4. The molecule has 3 heterocycles. The maximum Gasteiger partial charge on any atom is 0.409 e. The van der Waals surface area contributed by atoms with E-state index in [1.54, 1.807) is 0 Å². The minimum Gasteiger partial charge on any atom is -0.453 e. The van der Waals surface area contributed by atoms with Gasteiger partial charge in [0.2, 0.25) is 17.7 Å². The van der Waals surface area contributed by atoms with Crippen LogP contribution >= 0.6 is 11.3 Å². The molecule has 1 saturated heterocycles. The number of nitrogens with one attached hydrogen (secondary N) is 2. The first-order valence-corrected chi connectivity index (χ1v) is 9.50. The van der Waals surface area contributed by atoms with E-state index >= 15 is 0 Å². The molecule has 28 heavy (non-hydrogen) atoms. The summed E-state index contributed by atoms with van der Waals surface area (Å²) in [6.07, 6.45) is 0.193. The van der Waals surface area contributed by atoms with Crippen LogP contribution < -0.4 is 10.6 Å². The average molecular weight is 408 g/mol. The third kappa shape index (κ3) is 3.70. The third-order valence-electron chi connectivity index (χ3n) is 4.65. The molecule has 2 aliphatic rings. The van der Waals surface area contributed by atoms with Crippen molar-refractivity contribution in [2.24, 2.45) is 0 Å². The minimum atomic E-state index is -0.558. The Morgan fingerprint density at radius 3 is 2.43 bits per heavy atom. The predicted octanol–water partition coefficient (Wildman–Crippen LogP) is 0.320. The molecule has 0 atom stereocenters. The van der Waals surface area contributed by atoms with Gasteiger partial charge in [-0.05, 0) is 12.0 Å². The summed E-state index contributed by atoms with van der Waals surface area (Å²) in [5.41, 5.74) is 1.12. The molecule has 10 nitrogen and oxygen atoms in total. The lowest BCUT2D eigenvalue weighted by atomic mass is 10.0. The number of anilines is 1. The average Bonchev–Trinajstić information content (AvgIpc) is 3.20. The van der Waals surface area contributed by atoms with Gasteiger partial charge in [0.1, 0.15) is 11.5 Å². The quantitative estimate of drug-likeness (QED) is 0.691. The molecule has 1 aromatic rings. The van der Waals surface area contributed by atoms with Crippen LogP contribution in [0.1, 0.15) is 33.6 Å². The highest BCUT2D eigenvalue weighted by Crippen LogP contribution is 2.37. The van der Waals surface area contributed by atoms with Crippen molar-refractivity contribution in [3.8, 4) is 0 Å². The molecule has 2 aliphatic heterocycles. The zero-order chi connectivity index (χ0) is 20.4. The summed E-state index contributed by atoms with van der Waals surface area (Å²) in [5.74, 6) is -1.68. The van der Waals surface area contributed by atoms with Gasteiger partial charge in [0, 0.05) is 31.3 Å². The zero-order valence-corrected chi connectivity index (χ0v) is 16.3. The highest BCUT2D eigenvalue weighted by atomic mass is 32.1. The molecule has 0 spiro atoms. The van der Waals surface area contributed by atoms with Crippen LogP contribution in [-0.2, 0) is 32.1 Å². The van der Waals surface area contributed by atoms with E-state index in [4.69, 9.17) is 4.74 Å². The fourth-order valence-electron chi connectivity index (χ4n) is 3.25. The predicted molar refractivity (Wildman–Crippen MR) is 98.8 cm³/mol. The first-order valence-electron chi connectivity index (χ1n) is 8.68. The van der Waals surface area contributed by atoms with Crippen LogP contribution in [0.15, 0.2) is 0 Å². The van der Waals surface area contributed by atoms with Crippen LogP contribution in [0.25, 0.3) is 0 Å². The molecule has 1 fully saturated rings. The second kappa shape index (κ2) is 7.97. The molecule has 1 aromatic heterocycles. The fraction of sp³-hybridized carbons (Fsp3) is 0.471. The number of imide groups is 1. The van der Waals surface area contributed by atoms with E-state index in [2.05, 4.69) is 10.6 Å². The largest absolute Gasteiger partial charge is 0.453 e. The van der Waals surface area contributed by atoms with Crippen molar-refractivity contribution < 1.29 is 28.7 Å². The molecule has 0 unspecified atom stereocenters. The number of fused-ring (bicyclic) bond motifs is 1. The van der Waals surface area contributed by atoms with Gasteiger partial charge in [-0.3, -0.25) is 24.1 Å². The summed E-state index contributed by atoms with van der Waals surface area (Å²) in [6.45, 7) is 0.280. The highest BCUT2D eigenvalue weighted by molar-refractivity contribution is 7.17. The summed E-state index contributed by atoms with van der Waals surface area (Å²) >= 11 is 1.19. The lowest BCUT2D eigenvalue weighted by Crippen LogP contribution is -2.37. The molecule has 2 N–H and O–H groups in total. The first kappa shape index (κ1) is 19.8. The number of carbonyl (C=O) groups is 5. The molecule has 150 valence electrons. The number of thiophene rings is 1. The van der Waals surface area contributed by atoms with Crippen molar-refractivity contribution in [3.05, 3.63) is 16.0 Å². The molecule has 0 aromatic carbocycles. The van der Waals surface area contributed by atoms with E-state index in [1.165, 1.54) is 30.4 Å². The monoisotopic (exact) mass is 408 g/mol. The molecule has 3 rings (SSSR count). The minimum absolute atomic E-state index is 0.103. The van der Waals surface area contributed by atoms with Gasteiger partial charge >= 0.3 is 6.09 Å². The highest BCUT2D eigenvalue weighted by Gasteiger charge is 2.33. The maximum absolute atomic E-state index is 12.4. The Bertz CT molecular complexity index is 848. The Hall–Kier alpha value is -2.95. The van der Waals surface area contributed by atoms with Crippen molar-refractivity contribution >= 4 is 46.1 Å². The van der Waals surface area contributed by atoms with Gasteiger partial charge in [0.05, 0.1) is 19.2 Å². The zero-order valence-electron chi connectivity index (χ0n) is 15.5. The fourth-order valence-corrected chi connectivity index (χ4v) is 4.53. The second-order valence-corrected chi connectivity index (χ2v) is 7.46. The summed E-state index contributed by atoms with van der Waals surface area (Å²) in [6, 6.07) is 0. The summed E-state index contributed by atoms with van der Waals surface area (Å²) in [7, 11) is 2.79. The van der Waals surface area contributed by atoms with E-state index in [1.807, 2.05) is 0 Å². The van der Waals surface area contributed by atoms with Crippen LogP contribution in [0.2, 0.25) is 0 Å². The van der Waals surface area contributed by atoms with Crippen LogP contribution in [0.3, 0.4) is 0 Å². The summed E-state index contributed by atoms with van der Waals surface area (Å²) < 4.78 is 4.74. The molecule has 0 radical (unpaired) electrons. The number of nitrogens with zero attached hydrogens (tertiary/aromatic N) is 2. The van der Waals surface area contributed by atoms with Gasteiger partial charge in [-0.15, -0.1) is 11.3 Å². The number of amides is 5. The molecular formula is C17H20N4O6S. The molecule has 5 amide bonds. The van der Waals surface area contributed by atoms with Gasteiger partial charge in [-0.25, -0.2) is 4.79 Å². The van der Waals surface area contributed by atoms with Crippen LogP contribution in [0, 0.1) is 0 Å². The van der Waals surface area contributed by atoms with E-state index in [-0.39, 0.29) is 43.7 Å². The number of ether oxygens (including phenoxy) is 1. The Morgan fingerprint density at radius 2 is 1.82 bits per heavy atom. The van der Waals surface area contributed by atoms with Crippen LogP contribution in [0.4, 0.5) is 9.80 Å². The maximum atomic E-state index is 12.4. The third-order valence-corrected chi connectivity index (χ3v) is 5.79. The van der Waals surface area contributed by atoms with E-state index in [0.717, 1.165) is 15.3 Å². The smallest absolute Gasteiger partial charge is 0.409 e. The molecule has 0 saturated carbocycles. The van der Waals surface area contributed by atoms with Gasteiger partial charge in [0.15, 0.2) is 0 Å². The number of likely N-dealkylation sites (tertiary alicyclic amines) is 1. The standard InChI is InChI=1S/C17H20N4O6S/c1-18-15(25)14-9-5-6-20(17(26)27-2)7-10(9)28-16(14)19-11(22)8-21-12(23)3-4-13(21)24/h3-8H2,1-2H3,(H,18,25)(H,19,22). The Morgan fingerprint density at radius 1 is 1.14 bits per heavy atom. The van der Waals surface area contributed by atoms with Crippen molar-refractivity contribution in [2.75, 3.05) is 32.6 Å². The van der Waals surface area contributed by atoms with Crippen LogP contribution in [-0.4, -0.2) is 66.8 Å². The van der Waals surface area contributed by atoms with E-state index < -0.39 is 12.0 Å². The van der Waals surface area contributed by atoms with Crippen molar-refractivity contribution in [1.82, 2.24) is 15.1 Å². The molecule has 0 bridgehead atoms. The van der Waals surface area contributed by atoms with Gasteiger partial charge in [-0.2, -0.15) is 0 Å². The Balaban J connectivity index is 1.82. The van der Waals surface area contributed by atoms with Crippen molar-refractivity contribution in [2.45, 2.75) is 25.8 Å². The number of methoxy groups -OCH3 is 1. The number of hydrogen-bond acceptors (Lipinski definition) is 7. The summed E-state index contributed by atoms with van der Waals surface area (Å²) in [4.78, 5) is 63.2. The normalized spacial score (nSPS) is 16.1. The molecule has 11 heteroatoms. The van der Waals surface area contributed by atoms with Gasteiger partial charge in [0.25, 0.3) is 5.91 Å². The van der Waals surface area contributed by atoms with E-state index in [0.29, 0.717) is 23.5 Å². The van der Waals surface area contributed by atoms with Crippen molar-refractivity contribution in [3.63, 3.8) is 0 Å². The summed E-state index contributed by atoms with van der Waals surface area (Å²) in [5, 5.41) is 5.54. The van der Waals surface area contributed by atoms with E-state index in [9.17, 15) is 24.0 Å². The SMILES string of the molecule is CNC(=O)c1c(NC(=O)CN2C(=O)CCC2=O)sc2c1CCN(C(=O)OC)C2. The molecular weight excluding hydrogens is 388 g/mol. The molecule has 0 aliphatic carbocycles. The first-order chi connectivity index (χ1) is 13.3. The lowest BCUT2D eigenvalue weighted by Gasteiger charge is -2.25. The topological polar surface area (TPSA) is 125 Å². The Kier molecular flexibility index (Phi) is 5.63. The second-order valence-electron chi connectivity index (χ2n) is 6.35. The van der Waals surface area contributed by atoms with Crippen molar-refractivity contribution in [1.29, 1.82) is 0 Å². The number of carbonyl (C=O) groups excluding carboxylic acids is 5.